The summed E-state index contributed by atoms with van der Waals surface area (Å²) in [6.45, 7) is 0.944. The number of methoxy groups -OCH3 is 1. The van der Waals surface area contributed by atoms with Gasteiger partial charge in [0.05, 0.1) is 13.7 Å². The molecule has 0 bridgehead atoms. The topological polar surface area (TPSA) is 47.6 Å². The minimum atomic E-state index is 0.0881. The van der Waals surface area contributed by atoms with E-state index in [2.05, 4.69) is 17.5 Å². The largest absolute Gasteiger partial charge is 0.493 e. The molecule has 1 aromatic rings. The maximum atomic E-state index is 11.7. The minimum absolute atomic E-state index is 0.0881. The third-order valence-corrected chi connectivity index (χ3v) is 3.31. The van der Waals surface area contributed by atoms with Gasteiger partial charge in [0.2, 0.25) is 5.91 Å². The van der Waals surface area contributed by atoms with Crippen LogP contribution in [0.25, 0.3) is 0 Å². The molecular formula is C16H21NO3. The zero-order valence-corrected chi connectivity index (χ0v) is 11.8. The molecule has 0 radical (unpaired) electrons. The molecule has 4 heteroatoms. The van der Waals surface area contributed by atoms with Gasteiger partial charge >= 0.3 is 0 Å². The van der Waals surface area contributed by atoms with E-state index >= 15 is 0 Å². The molecule has 0 heterocycles. The lowest BCUT2D eigenvalue weighted by molar-refractivity contribution is -0.121. The molecule has 0 saturated heterocycles. The van der Waals surface area contributed by atoms with E-state index in [0.29, 0.717) is 37.0 Å². The lowest BCUT2D eigenvalue weighted by Crippen LogP contribution is -2.29. The van der Waals surface area contributed by atoms with E-state index in [0.717, 1.165) is 12.8 Å². The van der Waals surface area contributed by atoms with Gasteiger partial charge in [0.25, 0.3) is 0 Å². The van der Waals surface area contributed by atoms with E-state index in [1.165, 1.54) is 0 Å². The van der Waals surface area contributed by atoms with Crippen molar-refractivity contribution in [3.8, 4) is 11.5 Å². The first-order valence-electron chi connectivity index (χ1n) is 6.99. The lowest BCUT2D eigenvalue weighted by atomic mass is 10.1. The first-order chi connectivity index (χ1) is 9.79. The Hall–Kier alpha value is -1.97. The normalized spacial score (nSPS) is 16.9. The average molecular weight is 275 g/mol. The summed E-state index contributed by atoms with van der Waals surface area (Å²) < 4.78 is 10.8. The van der Waals surface area contributed by atoms with E-state index in [1.807, 2.05) is 24.3 Å². The van der Waals surface area contributed by atoms with Crippen LogP contribution in [0.3, 0.4) is 0 Å². The molecule has 0 saturated carbocycles. The van der Waals surface area contributed by atoms with Crippen LogP contribution < -0.4 is 14.8 Å². The Labute approximate surface area is 119 Å². The van der Waals surface area contributed by atoms with E-state index in [-0.39, 0.29) is 5.91 Å². The molecule has 20 heavy (non-hydrogen) atoms. The molecule has 0 fully saturated rings. The van der Waals surface area contributed by atoms with Gasteiger partial charge in [-0.15, -0.1) is 0 Å². The summed E-state index contributed by atoms with van der Waals surface area (Å²) in [5.41, 5.74) is 0. The highest BCUT2D eigenvalue weighted by atomic mass is 16.5. The predicted molar refractivity (Wildman–Crippen MR) is 78.0 cm³/mol. The van der Waals surface area contributed by atoms with E-state index in [4.69, 9.17) is 9.47 Å². The van der Waals surface area contributed by atoms with Crippen LogP contribution >= 0.6 is 0 Å². The number of hydrogen-bond acceptors (Lipinski definition) is 3. The Morgan fingerprint density at radius 1 is 1.35 bits per heavy atom. The monoisotopic (exact) mass is 275 g/mol. The fourth-order valence-electron chi connectivity index (χ4n) is 2.27. The van der Waals surface area contributed by atoms with Gasteiger partial charge < -0.3 is 14.8 Å². The van der Waals surface area contributed by atoms with Crippen LogP contribution in [0.2, 0.25) is 0 Å². The zero-order valence-electron chi connectivity index (χ0n) is 11.8. The van der Waals surface area contributed by atoms with Crippen LogP contribution in [0, 0.1) is 5.92 Å². The van der Waals surface area contributed by atoms with Gasteiger partial charge in [0.15, 0.2) is 11.5 Å². The molecule has 1 unspecified atom stereocenters. The van der Waals surface area contributed by atoms with Crippen molar-refractivity contribution < 1.29 is 14.3 Å². The Bertz CT molecular complexity index is 471. The Morgan fingerprint density at radius 3 is 2.85 bits per heavy atom. The van der Waals surface area contributed by atoms with E-state index in [9.17, 15) is 4.79 Å². The van der Waals surface area contributed by atoms with Gasteiger partial charge in [-0.1, -0.05) is 24.3 Å². The van der Waals surface area contributed by atoms with Crippen molar-refractivity contribution >= 4 is 5.91 Å². The maximum absolute atomic E-state index is 11.7. The summed E-state index contributed by atoms with van der Waals surface area (Å²) in [7, 11) is 1.61. The van der Waals surface area contributed by atoms with Crippen LogP contribution in [-0.2, 0) is 4.79 Å². The lowest BCUT2D eigenvalue weighted by Gasteiger charge is -2.11. The number of carbonyl (C=O) groups excluding carboxylic acids is 1. The van der Waals surface area contributed by atoms with Crippen molar-refractivity contribution in [2.45, 2.75) is 19.3 Å². The predicted octanol–water partition coefficient (Wildman–Crippen LogP) is 2.55. The summed E-state index contributed by atoms with van der Waals surface area (Å²) in [4.78, 5) is 11.7. The number of benzene rings is 1. The molecule has 1 amide bonds. The number of carbonyl (C=O) groups is 1. The van der Waals surface area contributed by atoms with Crippen LogP contribution in [0.1, 0.15) is 19.3 Å². The molecule has 4 nitrogen and oxygen atoms in total. The molecule has 0 spiro atoms. The van der Waals surface area contributed by atoms with Gasteiger partial charge in [0, 0.05) is 6.42 Å². The molecule has 0 aromatic heterocycles. The van der Waals surface area contributed by atoms with Gasteiger partial charge in [-0.25, -0.2) is 0 Å². The van der Waals surface area contributed by atoms with Gasteiger partial charge in [-0.05, 0) is 30.9 Å². The van der Waals surface area contributed by atoms with Crippen molar-refractivity contribution in [2.75, 3.05) is 20.3 Å². The molecule has 1 aliphatic carbocycles. The summed E-state index contributed by atoms with van der Waals surface area (Å²) >= 11 is 0. The number of nitrogens with one attached hydrogen (secondary N) is 1. The van der Waals surface area contributed by atoms with E-state index in [1.54, 1.807) is 7.11 Å². The molecule has 1 aliphatic rings. The smallest absolute Gasteiger partial charge is 0.220 e. The summed E-state index contributed by atoms with van der Waals surface area (Å²) in [5, 5.41) is 2.88. The SMILES string of the molecule is COc1ccccc1OCCNC(=O)CC1C=CCC1. The summed E-state index contributed by atoms with van der Waals surface area (Å²) in [5.74, 6) is 1.90. The second-order valence-electron chi connectivity index (χ2n) is 4.82. The summed E-state index contributed by atoms with van der Waals surface area (Å²) in [6.07, 6.45) is 7.03. The molecule has 2 rings (SSSR count). The standard InChI is InChI=1S/C16H21NO3/c1-19-14-8-4-5-9-15(14)20-11-10-17-16(18)12-13-6-2-3-7-13/h2,4-6,8-9,13H,3,7,10-12H2,1H3,(H,17,18). The van der Waals surface area contributed by atoms with Gasteiger partial charge in [-0.3, -0.25) is 4.79 Å². The van der Waals surface area contributed by atoms with Crippen molar-refractivity contribution in [3.05, 3.63) is 36.4 Å². The summed E-state index contributed by atoms with van der Waals surface area (Å²) in [6, 6.07) is 7.48. The molecule has 0 aliphatic heterocycles. The minimum Gasteiger partial charge on any atom is -0.493 e. The number of ether oxygens (including phenoxy) is 2. The highest BCUT2D eigenvalue weighted by molar-refractivity contribution is 5.76. The highest BCUT2D eigenvalue weighted by Crippen LogP contribution is 2.25. The first kappa shape index (κ1) is 14.4. The third-order valence-electron chi connectivity index (χ3n) is 3.31. The number of para-hydroxylation sites is 2. The first-order valence-corrected chi connectivity index (χ1v) is 6.99. The maximum Gasteiger partial charge on any atom is 0.220 e. The Morgan fingerprint density at radius 2 is 2.15 bits per heavy atom. The number of hydrogen-bond donors (Lipinski definition) is 1. The van der Waals surface area contributed by atoms with Crippen molar-refractivity contribution in [1.82, 2.24) is 5.32 Å². The van der Waals surface area contributed by atoms with Crippen LogP contribution in [0.5, 0.6) is 11.5 Å². The highest BCUT2D eigenvalue weighted by Gasteiger charge is 2.13. The molecule has 1 atom stereocenters. The number of rotatable bonds is 7. The molecule has 108 valence electrons. The fourth-order valence-corrected chi connectivity index (χ4v) is 2.27. The van der Waals surface area contributed by atoms with Crippen molar-refractivity contribution in [2.24, 2.45) is 5.92 Å². The Balaban J connectivity index is 1.65. The average Bonchev–Trinajstić information content (AvgIpc) is 2.97. The quantitative estimate of drug-likeness (QED) is 0.614. The van der Waals surface area contributed by atoms with E-state index < -0.39 is 0 Å². The van der Waals surface area contributed by atoms with Gasteiger partial charge in [-0.2, -0.15) is 0 Å². The zero-order chi connectivity index (χ0) is 14.2. The number of amides is 1. The van der Waals surface area contributed by atoms with Crippen LogP contribution in [0.4, 0.5) is 0 Å². The second kappa shape index (κ2) is 7.58. The Kier molecular flexibility index (Phi) is 5.47. The van der Waals surface area contributed by atoms with Crippen molar-refractivity contribution in [1.29, 1.82) is 0 Å². The van der Waals surface area contributed by atoms with Crippen LogP contribution in [0.15, 0.2) is 36.4 Å². The number of allylic oxidation sites excluding steroid dienone is 2. The van der Waals surface area contributed by atoms with Gasteiger partial charge in [0.1, 0.15) is 6.61 Å². The fraction of sp³-hybridized carbons (Fsp3) is 0.438. The van der Waals surface area contributed by atoms with Crippen LogP contribution in [-0.4, -0.2) is 26.2 Å². The molecular weight excluding hydrogens is 254 g/mol. The molecule has 1 N–H and O–H groups in total. The van der Waals surface area contributed by atoms with Crippen molar-refractivity contribution in [3.63, 3.8) is 0 Å². The third kappa shape index (κ3) is 4.30. The second-order valence-corrected chi connectivity index (χ2v) is 4.82. The molecule has 1 aromatic carbocycles.